The highest BCUT2D eigenvalue weighted by molar-refractivity contribution is 7.50. The van der Waals surface area contributed by atoms with Gasteiger partial charge in [-0.25, -0.2) is 4.79 Å². The fourth-order valence-corrected chi connectivity index (χ4v) is 5.78. The second-order valence-electron chi connectivity index (χ2n) is 6.69. The van der Waals surface area contributed by atoms with Gasteiger partial charge in [-0.15, -0.1) is 0 Å². The summed E-state index contributed by atoms with van der Waals surface area (Å²) < 4.78 is 82.3. The SMILES string of the molecule is O=C(OC(C(F)(F)F)C(F)(F)F)c1cccc(-[s+]2c3ccccc3c3ccccc32)c1. The molecule has 4 aromatic rings. The van der Waals surface area contributed by atoms with E-state index >= 15 is 0 Å². The molecule has 0 aliphatic heterocycles. The second-order valence-corrected chi connectivity index (χ2v) is 8.66. The van der Waals surface area contributed by atoms with Crippen LogP contribution in [0.5, 0.6) is 0 Å². The summed E-state index contributed by atoms with van der Waals surface area (Å²) in [4.78, 5) is 12.8. The number of esters is 1. The fraction of sp³-hybridized carbons (Fsp3) is 0.136. The van der Waals surface area contributed by atoms with Crippen LogP contribution in [0.2, 0.25) is 0 Å². The van der Waals surface area contributed by atoms with Crippen molar-refractivity contribution in [2.75, 3.05) is 0 Å². The normalized spacial score (nSPS) is 12.6. The number of thiophene rings is 1. The summed E-state index contributed by atoms with van der Waals surface area (Å²) in [6.45, 7) is 0. The van der Waals surface area contributed by atoms with Gasteiger partial charge in [0.15, 0.2) is 14.3 Å². The number of carbonyl (C=O) groups is 1. The molecule has 0 aliphatic rings. The zero-order valence-corrected chi connectivity index (χ0v) is 16.3. The van der Waals surface area contributed by atoms with Gasteiger partial charge in [0.05, 0.1) is 5.56 Å². The number of benzene rings is 3. The smallest absolute Gasteiger partial charge is 0.434 e. The van der Waals surface area contributed by atoms with E-state index in [9.17, 15) is 31.1 Å². The molecule has 0 aliphatic carbocycles. The van der Waals surface area contributed by atoms with E-state index in [1.165, 1.54) is 12.1 Å². The van der Waals surface area contributed by atoms with Crippen molar-refractivity contribution in [2.24, 2.45) is 0 Å². The molecule has 1 heterocycles. The monoisotopic (exact) mass is 455 g/mol. The molecule has 0 spiro atoms. The first kappa shape index (κ1) is 21.2. The van der Waals surface area contributed by atoms with Gasteiger partial charge in [0, 0.05) is 27.3 Å². The van der Waals surface area contributed by atoms with Crippen LogP contribution in [0, 0.1) is 0 Å². The van der Waals surface area contributed by atoms with Crippen LogP contribution in [0.3, 0.4) is 0 Å². The Bertz CT molecular complexity index is 1210. The molecule has 0 atom stereocenters. The molecule has 4 rings (SSSR count). The summed E-state index contributed by atoms with van der Waals surface area (Å²) in [7, 11) is -0.666. The molecule has 160 valence electrons. The van der Waals surface area contributed by atoms with Gasteiger partial charge in [-0.1, -0.05) is 30.3 Å². The van der Waals surface area contributed by atoms with Crippen LogP contribution in [0.4, 0.5) is 26.3 Å². The maximum absolute atomic E-state index is 12.8. The van der Waals surface area contributed by atoms with E-state index < -0.39 is 34.9 Å². The maximum atomic E-state index is 12.8. The zero-order chi connectivity index (χ0) is 22.4. The van der Waals surface area contributed by atoms with Crippen LogP contribution in [0.25, 0.3) is 25.1 Å². The molecule has 3 aromatic carbocycles. The Morgan fingerprint density at radius 3 is 1.77 bits per heavy atom. The van der Waals surface area contributed by atoms with Crippen molar-refractivity contribution in [3.63, 3.8) is 0 Å². The van der Waals surface area contributed by atoms with Gasteiger partial charge >= 0.3 is 18.3 Å². The van der Waals surface area contributed by atoms with Gasteiger partial charge in [-0.3, -0.25) is 0 Å². The Balaban J connectivity index is 1.79. The third kappa shape index (κ3) is 3.97. The summed E-state index contributed by atoms with van der Waals surface area (Å²) in [6, 6.07) is 20.7. The number of hydrogen-bond donors (Lipinski definition) is 0. The molecule has 0 bridgehead atoms. The van der Waals surface area contributed by atoms with Gasteiger partial charge in [-0.05, 0) is 36.4 Å². The van der Waals surface area contributed by atoms with Gasteiger partial charge in [0.1, 0.15) is 0 Å². The quantitative estimate of drug-likeness (QED) is 0.183. The lowest BCUT2D eigenvalue weighted by molar-refractivity contribution is -0.307. The van der Waals surface area contributed by atoms with Crippen molar-refractivity contribution in [1.82, 2.24) is 0 Å². The van der Waals surface area contributed by atoms with E-state index in [1.54, 1.807) is 6.07 Å². The Labute approximate surface area is 174 Å². The first-order chi connectivity index (χ1) is 14.6. The summed E-state index contributed by atoms with van der Waals surface area (Å²) in [5.41, 5.74) is -0.384. The van der Waals surface area contributed by atoms with Crippen molar-refractivity contribution in [3.8, 4) is 4.90 Å². The van der Waals surface area contributed by atoms with Crippen molar-refractivity contribution < 1.29 is 35.9 Å². The number of halogens is 6. The van der Waals surface area contributed by atoms with Gasteiger partial charge in [0.2, 0.25) is 0 Å². The molecule has 9 heteroatoms. The molecule has 0 radical (unpaired) electrons. The lowest BCUT2D eigenvalue weighted by Crippen LogP contribution is -2.45. The Morgan fingerprint density at radius 1 is 0.742 bits per heavy atom. The van der Waals surface area contributed by atoms with Crippen molar-refractivity contribution in [1.29, 1.82) is 0 Å². The van der Waals surface area contributed by atoms with Crippen LogP contribution in [0.15, 0.2) is 72.8 Å². The van der Waals surface area contributed by atoms with E-state index in [1.807, 2.05) is 48.5 Å². The minimum atomic E-state index is -5.77. The van der Waals surface area contributed by atoms with Gasteiger partial charge in [-0.2, -0.15) is 26.3 Å². The molecule has 0 saturated carbocycles. The predicted molar refractivity (Wildman–Crippen MR) is 107 cm³/mol. The number of hydrogen-bond acceptors (Lipinski definition) is 2. The van der Waals surface area contributed by atoms with E-state index in [2.05, 4.69) is 4.74 Å². The van der Waals surface area contributed by atoms with Crippen molar-refractivity contribution in [2.45, 2.75) is 18.5 Å². The minimum Gasteiger partial charge on any atom is -0.439 e. The molecule has 0 N–H and O–H groups in total. The average Bonchev–Trinajstić information content (AvgIpc) is 3.05. The topological polar surface area (TPSA) is 26.3 Å². The molecular weight excluding hydrogens is 442 g/mol. The molecule has 2 nitrogen and oxygen atoms in total. The highest BCUT2D eigenvalue weighted by Gasteiger charge is 2.60. The van der Waals surface area contributed by atoms with Crippen LogP contribution in [-0.4, -0.2) is 24.4 Å². The zero-order valence-electron chi connectivity index (χ0n) is 15.5. The summed E-state index contributed by atoms with van der Waals surface area (Å²) >= 11 is 0. The first-order valence-electron chi connectivity index (χ1n) is 8.94. The molecule has 0 saturated heterocycles. The van der Waals surface area contributed by atoms with E-state index in [0.29, 0.717) is 4.90 Å². The van der Waals surface area contributed by atoms with Crippen molar-refractivity contribution >= 4 is 36.6 Å². The third-order valence-electron chi connectivity index (χ3n) is 4.63. The highest BCUT2D eigenvalue weighted by atomic mass is 32.2. The van der Waals surface area contributed by atoms with Crippen LogP contribution in [-0.2, 0) is 4.74 Å². The Hall–Kier alpha value is -3.07. The Kier molecular flexibility index (Phi) is 5.17. The maximum Gasteiger partial charge on any atom is 0.434 e. The average molecular weight is 455 g/mol. The largest absolute Gasteiger partial charge is 0.439 e. The highest BCUT2D eigenvalue weighted by Crippen LogP contribution is 2.48. The molecule has 0 unspecified atom stereocenters. The summed E-state index contributed by atoms with van der Waals surface area (Å²) in [6.07, 6.45) is -15.7. The van der Waals surface area contributed by atoms with Crippen LogP contribution in [0.1, 0.15) is 10.4 Å². The van der Waals surface area contributed by atoms with Gasteiger partial charge < -0.3 is 4.74 Å². The van der Waals surface area contributed by atoms with E-state index in [0.717, 1.165) is 26.2 Å². The van der Waals surface area contributed by atoms with E-state index in [-0.39, 0.29) is 5.56 Å². The van der Waals surface area contributed by atoms with Crippen LogP contribution < -0.4 is 0 Å². The molecule has 1 aromatic heterocycles. The van der Waals surface area contributed by atoms with Crippen molar-refractivity contribution in [3.05, 3.63) is 78.4 Å². The molecule has 0 amide bonds. The fourth-order valence-electron chi connectivity index (χ4n) is 3.35. The number of alkyl halides is 6. The van der Waals surface area contributed by atoms with Gasteiger partial charge in [0.25, 0.3) is 6.10 Å². The number of rotatable bonds is 3. The predicted octanol–water partition coefficient (Wildman–Crippen LogP) is 7.38. The van der Waals surface area contributed by atoms with E-state index in [4.69, 9.17) is 0 Å². The second kappa shape index (κ2) is 7.56. The third-order valence-corrected chi connectivity index (χ3v) is 6.95. The standard InChI is InChI=1S/C22H13F6O2S/c23-21(24,25)20(22(26,27)28)30-19(29)13-6-5-7-14(12-13)31-17-10-3-1-8-15(17)16-9-2-4-11-18(16)31/h1-12,20H/q+1. The lowest BCUT2D eigenvalue weighted by Gasteiger charge is -2.22. The summed E-state index contributed by atoms with van der Waals surface area (Å²) in [5.74, 6) is -1.69. The molecular formula is C22H13F6O2S+. The number of ether oxygens (including phenoxy) is 1. The number of carbonyl (C=O) groups excluding carboxylic acids is 1. The summed E-state index contributed by atoms with van der Waals surface area (Å²) in [5, 5.41) is 1.98. The first-order valence-corrected chi connectivity index (χ1v) is 10.2. The molecule has 31 heavy (non-hydrogen) atoms. The number of fused-ring (bicyclic) bond motifs is 3. The lowest BCUT2D eigenvalue weighted by atomic mass is 10.2. The Morgan fingerprint density at radius 2 is 1.26 bits per heavy atom. The molecule has 0 fully saturated rings. The van der Waals surface area contributed by atoms with Crippen LogP contribution >= 0.6 is 10.5 Å². The minimum absolute atomic E-state index is 0.384.